The Morgan fingerprint density at radius 1 is 1.47 bits per heavy atom. The van der Waals surface area contributed by atoms with Gasteiger partial charge in [0, 0.05) is 13.1 Å². The summed E-state index contributed by atoms with van der Waals surface area (Å²) in [6.07, 6.45) is 1.56. The zero-order valence-corrected chi connectivity index (χ0v) is 8.45. The molecule has 3 nitrogen and oxygen atoms in total. The summed E-state index contributed by atoms with van der Waals surface area (Å²) in [5, 5.41) is 3.23. The van der Waals surface area contributed by atoms with E-state index in [2.05, 4.69) is 11.9 Å². The van der Waals surface area contributed by atoms with E-state index in [-0.39, 0.29) is 12.6 Å². The fourth-order valence-corrected chi connectivity index (χ4v) is 1.64. The van der Waals surface area contributed by atoms with Crippen molar-refractivity contribution in [2.75, 3.05) is 6.61 Å². The minimum Gasteiger partial charge on any atom is -0.458 e. The van der Waals surface area contributed by atoms with Gasteiger partial charge in [-0.2, -0.15) is 0 Å². The number of ether oxygens (including phenoxy) is 1. The molecule has 1 aliphatic rings. The first kappa shape index (κ1) is 9.93. The molecule has 1 heterocycles. The first-order chi connectivity index (χ1) is 7.31. The SMILES string of the molecule is C=CCOC(=O)c1ccc2c(c1)CNC2. The Bertz CT molecular complexity index is 399. The first-order valence-electron chi connectivity index (χ1n) is 4.92. The second-order valence-electron chi connectivity index (χ2n) is 3.47. The molecule has 0 radical (unpaired) electrons. The fourth-order valence-electron chi connectivity index (χ4n) is 1.64. The molecule has 0 aliphatic carbocycles. The van der Waals surface area contributed by atoms with Crippen LogP contribution in [0.5, 0.6) is 0 Å². The molecule has 1 N–H and O–H groups in total. The molecule has 0 bridgehead atoms. The van der Waals surface area contributed by atoms with Gasteiger partial charge in [-0.15, -0.1) is 0 Å². The van der Waals surface area contributed by atoms with Crippen LogP contribution in [-0.2, 0) is 17.8 Å². The van der Waals surface area contributed by atoms with Crippen LogP contribution in [0.2, 0.25) is 0 Å². The second-order valence-corrected chi connectivity index (χ2v) is 3.47. The minimum absolute atomic E-state index is 0.258. The summed E-state index contributed by atoms with van der Waals surface area (Å²) in [7, 11) is 0. The van der Waals surface area contributed by atoms with Gasteiger partial charge in [-0.25, -0.2) is 4.79 Å². The average molecular weight is 203 g/mol. The standard InChI is InChI=1S/C12H13NO2/c1-2-5-15-12(14)9-3-4-10-7-13-8-11(10)6-9/h2-4,6,13H,1,5,7-8H2. The number of nitrogens with one attached hydrogen (secondary N) is 1. The molecule has 0 aromatic heterocycles. The third-order valence-electron chi connectivity index (χ3n) is 2.41. The van der Waals surface area contributed by atoms with E-state index < -0.39 is 0 Å². The van der Waals surface area contributed by atoms with Gasteiger partial charge < -0.3 is 10.1 Å². The summed E-state index contributed by atoms with van der Waals surface area (Å²) in [4.78, 5) is 11.5. The van der Waals surface area contributed by atoms with Crippen LogP contribution in [0.25, 0.3) is 0 Å². The summed E-state index contributed by atoms with van der Waals surface area (Å²) < 4.78 is 4.96. The molecule has 0 saturated heterocycles. The van der Waals surface area contributed by atoms with Gasteiger partial charge in [0.2, 0.25) is 0 Å². The maximum atomic E-state index is 11.5. The Kier molecular flexibility index (Phi) is 2.83. The first-order valence-corrected chi connectivity index (χ1v) is 4.92. The number of benzene rings is 1. The monoisotopic (exact) mass is 203 g/mol. The predicted octanol–water partition coefficient (Wildman–Crippen LogP) is 1.63. The zero-order chi connectivity index (χ0) is 10.7. The van der Waals surface area contributed by atoms with E-state index in [1.807, 2.05) is 12.1 Å². The Labute approximate surface area is 88.8 Å². The van der Waals surface area contributed by atoms with Crippen LogP contribution in [0, 0.1) is 0 Å². The molecule has 0 spiro atoms. The molecule has 0 amide bonds. The number of hydrogen-bond acceptors (Lipinski definition) is 3. The largest absolute Gasteiger partial charge is 0.458 e. The highest BCUT2D eigenvalue weighted by molar-refractivity contribution is 5.89. The second kappa shape index (κ2) is 4.28. The van der Waals surface area contributed by atoms with E-state index in [1.54, 1.807) is 12.1 Å². The summed E-state index contributed by atoms with van der Waals surface area (Å²) in [5.41, 5.74) is 3.05. The molecule has 0 unspecified atom stereocenters. The van der Waals surface area contributed by atoms with Crippen LogP contribution in [0.3, 0.4) is 0 Å². The highest BCUT2D eigenvalue weighted by Gasteiger charge is 2.13. The van der Waals surface area contributed by atoms with Crippen LogP contribution in [0.4, 0.5) is 0 Å². The lowest BCUT2D eigenvalue weighted by Gasteiger charge is -2.03. The van der Waals surface area contributed by atoms with Crippen molar-refractivity contribution in [3.8, 4) is 0 Å². The summed E-state index contributed by atoms with van der Waals surface area (Å²) in [6.45, 7) is 5.47. The van der Waals surface area contributed by atoms with Crippen LogP contribution >= 0.6 is 0 Å². The van der Waals surface area contributed by atoms with E-state index in [4.69, 9.17) is 4.74 Å². The normalized spacial score (nSPS) is 13.3. The Morgan fingerprint density at radius 2 is 2.27 bits per heavy atom. The van der Waals surface area contributed by atoms with Gasteiger partial charge in [0.1, 0.15) is 6.61 Å². The molecular weight excluding hydrogens is 190 g/mol. The van der Waals surface area contributed by atoms with Gasteiger partial charge in [-0.1, -0.05) is 18.7 Å². The molecular formula is C12H13NO2. The highest BCUT2D eigenvalue weighted by atomic mass is 16.5. The van der Waals surface area contributed by atoms with Gasteiger partial charge in [-0.05, 0) is 23.3 Å². The third-order valence-corrected chi connectivity index (χ3v) is 2.41. The Hall–Kier alpha value is -1.61. The van der Waals surface area contributed by atoms with Gasteiger partial charge in [0.25, 0.3) is 0 Å². The molecule has 78 valence electrons. The lowest BCUT2D eigenvalue weighted by atomic mass is 10.1. The number of fused-ring (bicyclic) bond motifs is 1. The minimum atomic E-state index is -0.287. The smallest absolute Gasteiger partial charge is 0.338 e. The topological polar surface area (TPSA) is 38.3 Å². The highest BCUT2D eigenvalue weighted by Crippen LogP contribution is 2.17. The molecule has 0 saturated carbocycles. The average Bonchev–Trinajstić information content (AvgIpc) is 2.72. The van der Waals surface area contributed by atoms with E-state index in [0.717, 1.165) is 13.1 Å². The van der Waals surface area contributed by atoms with Gasteiger partial charge in [0.15, 0.2) is 0 Å². The van der Waals surface area contributed by atoms with E-state index in [0.29, 0.717) is 5.56 Å². The number of hydrogen-bond donors (Lipinski definition) is 1. The van der Waals surface area contributed by atoms with Crippen molar-refractivity contribution in [2.45, 2.75) is 13.1 Å². The van der Waals surface area contributed by atoms with Crippen molar-refractivity contribution >= 4 is 5.97 Å². The van der Waals surface area contributed by atoms with E-state index in [1.165, 1.54) is 11.1 Å². The number of esters is 1. The Morgan fingerprint density at radius 3 is 3.07 bits per heavy atom. The van der Waals surface area contributed by atoms with Crippen LogP contribution < -0.4 is 5.32 Å². The van der Waals surface area contributed by atoms with E-state index >= 15 is 0 Å². The molecule has 3 heteroatoms. The lowest BCUT2D eigenvalue weighted by molar-refractivity contribution is 0.0549. The molecule has 1 aromatic carbocycles. The molecule has 2 rings (SSSR count). The summed E-state index contributed by atoms with van der Waals surface area (Å²) in [6, 6.07) is 5.66. The van der Waals surface area contributed by atoms with Crippen molar-refractivity contribution in [1.82, 2.24) is 5.32 Å². The van der Waals surface area contributed by atoms with Crippen molar-refractivity contribution in [1.29, 1.82) is 0 Å². The van der Waals surface area contributed by atoms with Gasteiger partial charge in [0.05, 0.1) is 5.56 Å². The third kappa shape index (κ3) is 2.07. The zero-order valence-electron chi connectivity index (χ0n) is 8.45. The van der Waals surface area contributed by atoms with Crippen molar-refractivity contribution < 1.29 is 9.53 Å². The van der Waals surface area contributed by atoms with Crippen molar-refractivity contribution in [2.24, 2.45) is 0 Å². The number of rotatable bonds is 3. The molecule has 0 fully saturated rings. The quantitative estimate of drug-likeness (QED) is 0.599. The van der Waals surface area contributed by atoms with Gasteiger partial charge in [-0.3, -0.25) is 0 Å². The number of carbonyl (C=O) groups is 1. The molecule has 0 atom stereocenters. The maximum Gasteiger partial charge on any atom is 0.338 e. The lowest BCUT2D eigenvalue weighted by Crippen LogP contribution is -2.05. The maximum absolute atomic E-state index is 11.5. The van der Waals surface area contributed by atoms with Crippen LogP contribution in [-0.4, -0.2) is 12.6 Å². The van der Waals surface area contributed by atoms with Crippen LogP contribution in [0.15, 0.2) is 30.9 Å². The van der Waals surface area contributed by atoms with Crippen LogP contribution in [0.1, 0.15) is 21.5 Å². The Balaban J connectivity index is 2.15. The fraction of sp³-hybridized carbons (Fsp3) is 0.250. The summed E-state index contributed by atoms with van der Waals surface area (Å²) in [5.74, 6) is -0.287. The number of carbonyl (C=O) groups excluding carboxylic acids is 1. The van der Waals surface area contributed by atoms with Crippen molar-refractivity contribution in [3.05, 3.63) is 47.5 Å². The van der Waals surface area contributed by atoms with Gasteiger partial charge >= 0.3 is 5.97 Å². The predicted molar refractivity (Wildman–Crippen MR) is 57.5 cm³/mol. The summed E-state index contributed by atoms with van der Waals surface area (Å²) >= 11 is 0. The van der Waals surface area contributed by atoms with Crippen molar-refractivity contribution in [3.63, 3.8) is 0 Å². The molecule has 1 aliphatic heterocycles. The molecule has 15 heavy (non-hydrogen) atoms. The molecule has 1 aromatic rings. The van der Waals surface area contributed by atoms with E-state index in [9.17, 15) is 4.79 Å².